The minimum atomic E-state index is -5.02. The van der Waals surface area contributed by atoms with Crippen LogP contribution in [0.3, 0.4) is 0 Å². The second kappa shape index (κ2) is 45.7. The summed E-state index contributed by atoms with van der Waals surface area (Å²) in [4.78, 5) is 23.3. The van der Waals surface area contributed by atoms with E-state index in [-0.39, 0.29) is 13.0 Å². The fourth-order valence-electron chi connectivity index (χ4n) is 8.82. The van der Waals surface area contributed by atoms with Crippen LogP contribution in [0.5, 0.6) is 0 Å². The van der Waals surface area contributed by atoms with Crippen LogP contribution in [0.4, 0.5) is 0 Å². The molecule has 0 aliphatic heterocycles. The number of allylic oxidation sites excluding steroid dienone is 4. The summed E-state index contributed by atoms with van der Waals surface area (Å²) in [5, 5.41) is 50.4. The zero-order valence-electron chi connectivity index (χ0n) is 43.4. The molecule has 1 rings (SSSR count). The van der Waals surface area contributed by atoms with Gasteiger partial charge in [-0.2, -0.15) is 0 Å². The number of carbonyl (C=O) groups is 1. The summed E-state index contributed by atoms with van der Waals surface area (Å²) in [6.45, 7) is 4.30. The second-order valence-corrected chi connectivity index (χ2v) is 21.2. The maximum absolute atomic E-state index is 12.9. The van der Waals surface area contributed by atoms with Gasteiger partial charge in [-0.05, 0) is 64.2 Å². The van der Waals surface area contributed by atoms with Crippen molar-refractivity contribution in [2.45, 2.75) is 301 Å². The average molecular weight is 989 g/mol. The number of phosphoric acid groups is 1. The zero-order chi connectivity index (χ0) is 49.8. The molecule has 402 valence electrons. The van der Waals surface area contributed by atoms with Crippen LogP contribution in [0.2, 0.25) is 0 Å². The van der Waals surface area contributed by atoms with Crippen molar-refractivity contribution in [3.63, 3.8) is 0 Å². The SMILES string of the molecule is CCCCCCCC/C=C\CCCCCCCCCC(=O)OC(COCCCCCCCCCCCCCC/C=C\CCCCCCCCCC)COP(=O)(O)OC1C(O)C(O)C(O)C(O)C1O. The van der Waals surface area contributed by atoms with E-state index < -0.39 is 63.1 Å². The van der Waals surface area contributed by atoms with Crippen LogP contribution in [0, 0.1) is 0 Å². The minimum absolute atomic E-state index is 0.0751. The Morgan fingerprint density at radius 1 is 0.456 bits per heavy atom. The van der Waals surface area contributed by atoms with Gasteiger partial charge in [0.1, 0.15) is 42.7 Å². The molecule has 0 aromatic heterocycles. The number of esters is 1. The van der Waals surface area contributed by atoms with Gasteiger partial charge in [0.15, 0.2) is 0 Å². The van der Waals surface area contributed by atoms with Crippen LogP contribution < -0.4 is 0 Å². The Morgan fingerprint density at radius 2 is 0.779 bits per heavy atom. The number of rotatable bonds is 49. The van der Waals surface area contributed by atoms with Crippen molar-refractivity contribution in [1.82, 2.24) is 0 Å². The highest BCUT2D eigenvalue weighted by Gasteiger charge is 2.51. The lowest BCUT2D eigenvalue weighted by Gasteiger charge is -2.41. The van der Waals surface area contributed by atoms with E-state index in [0.717, 1.165) is 44.9 Å². The number of hydrogen-bond acceptors (Lipinski definition) is 11. The molecular formula is C55H105O12P. The van der Waals surface area contributed by atoms with Crippen molar-refractivity contribution in [3.8, 4) is 0 Å². The molecule has 12 nitrogen and oxygen atoms in total. The number of aliphatic hydroxyl groups excluding tert-OH is 5. The number of unbranched alkanes of at least 4 members (excludes halogenated alkanes) is 33. The summed E-state index contributed by atoms with van der Waals surface area (Å²) in [5.74, 6) is -0.478. The van der Waals surface area contributed by atoms with E-state index in [0.29, 0.717) is 13.0 Å². The third kappa shape index (κ3) is 36.7. The van der Waals surface area contributed by atoms with Gasteiger partial charge >= 0.3 is 13.8 Å². The highest BCUT2D eigenvalue weighted by atomic mass is 31.2. The van der Waals surface area contributed by atoms with Crippen molar-refractivity contribution in [2.75, 3.05) is 19.8 Å². The quantitative estimate of drug-likeness (QED) is 0.0146. The fraction of sp³-hybridized carbons (Fsp3) is 0.909. The summed E-state index contributed by atoms with van der Waals surface area (Å²) in [6.07, 6.45) is 42.5. The lowest BCUT2D eigenvalue weighted by atomic mass is 9.85. The first kappa shape index (κ1) is 64.8. The molecule has 0 bridgehead atoms. The monoisotopic (exact) mass is 989 g/mol. The summed E-state index contributed by atoms with van der Waals surface area (Å²) in [6, 6.07) is 0. The van der Waals surface area contributed by atoms with Gasteiger partial charge in [-0.25, -0.2) is 4.57 Å². The molecule has 0 heterocycles. The molecule has 6 atom stereocenters. The summed E-state index contributed by atoms with van der Waals surface area (Å²) in [5.41, 5.74) is 0. The molecular weight excluding hydrogens is 884 g/mol. The number of aliphatic hydroxyl groups is 5. The maximum Gasteiger partial charge on any atom is 0.472 e. The van der Waals surface area contributed by atoms with E-state index in [1.54, 1.807) is 0 Å². The normalized spacial score (nSPS) is 21.2. The maximum atomic E-state index is 12.9. The average Bonchev–Trinajstić information content (AvgIpc) is 3.32. The molecule has 6 unspecified atom stereocenters. The predicted octanol–water partition coefficient (Wildman–Crippen LogP) is 13.2. The van der Waals surface area contributed by atoms with Crippen molar-refractivity contribution < 1.29 is 58.3 Å². The van der Waals surface area contributed by atoms with E-state index in [9.17, 15) is 39.8 Å². The van der Waals surface area contributed by atoms with Gasteiger partial charge < -0.3 is 39.9 Å². The topological polar surface area (TPSA) is 192 Å². The first-order valence-electron chi connectivity index (χ1n) is 28.2. The van der Waals surface area contributed by atoms with Crippen LogP contribution in [0.25, 0.3) is 0 Å². The third-order valence-corrected chi connectivity index (χ3v) is 14.3. The van der Waals surface area contributed by atoms with Crippen LogP contribution in [0.1, 0.15) is 258 Å². The van der Waals surface area contributed by atoms with Crippen molar-refractivity contribution >= 4 is 13.8 Å². The summed E-state index contributed by atoms with van der Waals surface area (Å²) >= 11 is 0. The largest absolute Gasteiger partial charge is 0.472 e. The molecule has 1 fully saturated rings. The molecule has 1 saturated carbocycles. The molecule has 0 radical (unpaired) electrons. The molecule has 0 amide bonds. The van der Waals surface area contributed by atoms with E-state index in [2.05, 4.69) is 38.2 Å². The van der Waals surface area contributed by atoms with Gasteiger partial charge in [-0.3, -0.25) is 13.8 Å². The van der Waals surface area contributed by atoms with Gasteiger partial charge in [0.2, 0.25) is 0 Å². The van der Waals surface area contributed by atoms with E-state index in [4.69, 9.17) is 18.5 Å². The van der Waals surface area contributed by atoms with Gasteiger partial charge in [-0.1, -0.05) is 212 Å². The number of carbonyl (C=O) groups excluding carboxylic acids is 1. The molecule has 0 spiro atoms. The Bertz CT molecular complexity index is 1220. The highest BCUT2D eigenvalue weighted by molar-refractivity contribution is 7.47. The van der Waals surface area contributed by atoms with Crippen molar-refractivity contribution in [1.29, 1.82) is 0 Å². The minimum Gasteiger partial charge on any atom is -0.457 e. The fourth-order valence-corrected chi connectivity index (χ4v) is 9.79. The molecule has 0 aromatic rings. The molecule has 0 aromatic carbocycles. The van der Waals surface area contributed by atoms with Crippen molar-refractivity contribution in [2.24, 2.45) is 0 Å². The van der Waals surface area contributed by atoms with Gasteiger partial charge in [0.05, 0.1) is 13.2 Å². The van der Waals surface area contributed by atoms with Gasteiger partial charge in [0, 0.05) is 13.0 Å². The number of phosphoric ester groups is 1. The van der Waals surface area contributed by atoms with Gasteiger partial charge in [-0.15, -0.1) is 0 Å². The molecule has 6 N–H and O–H groups in total. The second-order valence-electron chi connectivity index (χ2n) is 19.8. The van der Waals surface area contributed by atoms with Crippen molar-refractivity contribution in [3.05, 3.63) is 24.3 Å². The molecule has 0 saturated heterocycles. The lowest BCUT2D eigenvalue weighted by Crippen LogP contribution is -2.64. The Hall–Kier alpha value is -1.18. The summed E-state index contributed by atoms with van der Waals surface area (Å²) in [7, 11) is -5.02. The Balaban J connectivity index is 2.28. The van der Waals surface area contributed by atoms with Crippen LogP contribution >= 0.6 is 7.82 Å². The first-order chi connectivity index (χ1) is 33.0. The van der Waals surface area contributed by atoms with Gasteiger partial charge in [0.25, 0.3) is 0 Å². The smallest absolute Gasteiger partial charge is 0.457 e. The Labute approximate surface area is 415 Å². The van der Waals surface area contributed by atoms with Crippen LogP contribution in [-0.2, 0) is 27.9 Å². The first-order valence-corrected chi connectivity index (χ1v) is 29.7. The molecule has 1 aliphatic rings. The standard InChI is InChI=1S/C55H105O12P/c1-3-5-7-9-11-13-15-17-19-21-22-23-24-25-26-27-29-31-33-35-37-39-41-43-45-64-46-48(47-65-68(62,63)67-55-53(60)51(58)50(57)52(59)54(55)61)66-49(56)44-42-40-38-36-34-32-30-28-20-18-16-14-12-10-8-6-4-2/h18,20-22,48,50-55,57-61H,3-17,19,23-47H2,1-2H3,(H,62,63)/b20-18-,22-21-. The summed E-state index contributed by atoms with van der Waals surface area (Å²) < 4.78 is 34.4. The van der Waals surface area contributed by atoms with E-state index >= 15 is 0 Å². The highest BCUT2D eigenvalue weighted by Crippen LogP contribution is 2.47. The van der Waals surface area contributed by atoms with Crippen LogP contribution in [-0.4, -0.2) is 98.9 Å². The third-order valence-electron chi connectivity index (χ3n) is 13.3. The number of hydrogen-bond donors (Lipinski definition) is 6. The lowest BCUT2D eigenvalue weighted by molar-refractivity contribution is -0.220. The van der Waals surface area contributed by atoms with Crippen LogP contribution in [0.15, 0.2) is 24.3 Å². The Kier molecular flexibility index (Phi) is 43.5. The molecule has 1 aliphatic carbocycles. The van der Waals surface area contributed by atoms with E-state index in [1.807, 2.05) is 0 Å². The molecule has 68 heavy (non-hydrogen) atoms. The molecule has 13 heteroatoms. The Morgan fingerprint density at radius 3 is 1.16 bits per heavy atom. The predicted molar refractivity (Wildman–Crippen MR) is 276 cm³/mol. The number of ether oxygens (including phenoxy) is 2. The zero-order valence-corrected chi connectivity index (χ0v) is 44.3. The van der Waals surface area contributed by atoms with E-state index in [1.165, 1.54) is 186 Å².